The lowest BCUT2D eigenvalue weighted by Crippen LogP contribution is -2.52. The van der Waals surface area contributed by atoms with Crippen LogP contribution in [-0.2, 0) is 19.2 Å². The first-order chi connectivity index (χ1) is 10.1. The molecule has 9 nitrogen and oxygen atoms in total. The molecule has 0 bridgehead atoms. The van der Waals surface area contributed by atoms with E-state index in [9.17, 15) is 19.2 Å². The molecule has 0 fully saturated rings. The quantitative estimate of drug-likeness (QED) is 0.229. The van der Waals surface area contributed by atoms with Gasteiger partial charge in [-0.1, -0.05) is 21.6 Å². The zero-order chi connectivity index (χ0) is 17.3. The summed E-state index contributed by atoms with van der Waals surface area (Å²) in [6.45, 7) is 2.69. The van der Waals surface area contributed by atoms with E-state index in [4.69, 9.17) is 16.6 Å². The van der Waals surface area contributed by atoms with Crippen LogP contribution in [0.4, 0.5) is 0 Å². The molecule has 3 amide bonds. The Labute approximate surface area is 135 Å². The second-order valence-corrected chi connectivity index (χ2v) is 6.95. The van der Waals surface area contributed by atoms with Gasteiger partial charge in [0.15, 0.2) is 0 Å². The first kappa shape index (κ1) is 20.5. The number of rotatable bonds is 10. The molecule has 0 aliphatic carbocycles. The van der Waals surface area contributed by atoms with E-state index in [0.717, 1.165) is 0 Å². The normalized spacial score (nSPS) is 14.5. The zero-order valence-corrected chi connectivity index (χ0v) is 13.8. The van der Waals surface area contributed by atoms with Gasteiger partial charge in [-0.3, -0.25) is 19.2 Å². The summed E-state index contributed by atoms with van der Waals surface area (Å²) in [5, 5.41) is 13.5. The van der Waals surface area contributed by atoms with Gasteiger partial charge >= 0.3 is 5.97 Å². The zero-order valence-electron chi connectivity index (χ0n) is 12.2. The van der Waals surface area contributed by atoms with Crippen LogP contribution in [0.3, 0.4) is 0 Å². The number of aliphatic carboxylic acids is 1. The largest absolute Gasteiger partial charge is 0.480 e. The van der Waals surface area contributed by atoms with Gasteiger partial charge < -0.3 is 27.2 Å². The number of carbonyl (C=O) groups is 4. The van der Waals surface area contributed by atoms with Crippen molar-refractivity contribution in [1.82, 2.24) is 10.6 Å². The van der Waals surface area contributed by atoms with Crippen molar-refractivity contribution in [2.45, 2.75) is 32.0 Å². The SMILES string of the molecule is CC(=O)NC(CSSC[C@H](N)C(=O)O)C(=O)NC(C)C(N)=O. The van der Waals surface area contributed by atoms with Crippen molar-refractivity contribution in [3.05, 3.63) is 0 Å². The first-order valence-corrected chi connectivity index (χ1v) is 8.73. The topological polar surface area (TPSA) is 165 Å². The van der Waals surface area contributed by atoms with Gasteiger partial charge in [-0.25, -0.2) is 0 Å². The van der Waals surface area contributed by atoms with Gasteiger partial charge in [0.1, 0.15) is 18.1 Å². The molecule has 0 saturated carbocycles. The van der Waals surface area contributed by atoms with Crippen molar-refractivity contribution in [3.63, 3.8) is 0 Å². The molecule has 0 rings (SSSR count). The van der Waals surface area contributed by atoms with Crippen LogP contribution in [0, 0.1) is 0 Å². The Balaban J connectivity index is 4.39. The first-order valence-electron chi connectivity index (χ1n) is 6.24. The van der Waals surface area contributed by atoms with Crippen LogP contribution in [0.2, 0.25) is 0 Å². The molecule has 0 spiro atoms. The number of carbonyl (C=O) groups excluding carboxylic acids is 3. The fourth-order valence-corrected chi connectivity index (χ4v) is 3.40. The van der Waals surface area contributed by atoms with E-state index < -0.39 is 41.8 Å². The molecule has 0 radical (unpaired) electrons. The average molecular weight is 352 g/mol. The van der Waals surface area contributed by atoms with E-state index in [1.807, 2.05) is 0 Å². The molecular weight excluding hydrogens is 332 g/mol. The van der Waals surface area contributed by atoms with Gasteiger partial charge in [-0.05, 0) is 6.92 Å². The minimum Gasteiger partial charge on any atom is -0.480 e. The Kier molecular flexibility index (Phi) is 9.61. The highest BCUT2D eigenvalue weighted by molar-refractivity contribution is 8.76. The lowest BCUT2D eigenvalue weighted by Gasteiger charge is -2.19. The summed E-state index contributed by atoms with van der Waals surface area (Å²) in [6, 6.07) is -2.72. The molecule has 0 aromatic rings. The van der Waals surface area contributed by atoms with Gasteiger partial charge in [0, 0.05) is 18.4 Å². The Morgan fingerprint density at radius 3 is 2.14 bits per heavy atom. The summed E-state index contributed by atoms with van der Waals surface area (Å²) in [6.07, 6.45) is 0. The lowest BCUT2D eigenvalue weighted by atomic mass is 10.2. The minimum absolute atomic E-state index is 0.159. The van der Waals surface area contributed by atoms with Crippen LogP contribution in [-0.4, -0.2) is 58.4 Å². The van der Waals surface area contributed by atoms with Crippen molar-refractivity contribution in [3.8, 4) is 0 Å². The van der Waals surface area contributed by atoms with E-state index in [-0.39, 0.29) is 11.5 Å². The van der Waals surface area contributed by atoms with Crippen LogP contribution in [0.25, 0.3) is 0 Å². The van der Waals surface area contributed by atoms with Crippen molar-refractivity contribution in [2.24, 2.45) is 11.5 Å². The fraction of sp³-hybridized carbons (Fsp3) is 0.636. The van der Waals surface area contributed by atoms with Gasteiger partial charge in [0.2, 0.25) is 17.7 Å². The van der Waals surface area contributed by atoms with Crippen LogP contribution < -0.4 is 22.1 Å². The summed E-state index contributed by atoms with van der Waals surface area (Å²) in [4.78, 5) is 44.5. The maximum atomic E-state index is 12.0. The van der Waals surface area contributed by atoms with Crippen LogP contribution >= 0.6 is 21.6 Å². The van der Waals surface area contributed by atoms with Crippen molar-refractivity contribution >= 4 is 45.3 Å². The Hall–Kier alpha value is -1.46. The van der Waals surface area contributed by atoms with Crippen molar-refractivity contribution in [1.29, 1.82) is 0 Å². The molecule has 2 unspecified atom stereocenters. The Morgan fingerprint density at radius 2 is 1.68 bits per heavy atom. The van der Waals surface area contributed by atoms with Gasteiger partial charge in [-0.2, -0.15) is 0 Å². The highest BCUT2D eigenvalue weighted by Crippen LogP contribution is 2.22. The van der Waals surface area contributed by atoms with E-state index in [1.165, 1.54) is 35.4 Å². The number of primary amides is 1. The third-order valence-corrected chi connectivity index (χ3v) is 4.81. The van der Waals surface area contributed by atoms with Gasteiger partial charge in [0.05, 0.1) is 0 Å². The number of hydrogen-bond donors (Lipinski definition) is 5. The third-order valence-electron chi connectivity index (χ3n) is 2.36. The minimum atomic E-state index is -1.11. The summed E-state index contributed by atoms with van der Waals surface area (Å²) < 4.78 is 0. The molecular formula is C11H20N4O5S2. The number of hydrogen-bond acceptors (Lipinski definition) is 7. The van der Waals surface area contributed by atoms with E-state index in [1.54, 1.807) is 0 Å². The molecule has 3 atom stereocenters. The molecule has 126 valence electrons. The van der Waals surface area contributed by atoms with E-state index in [0.29, 0.717) is 0 Å². The summed E-state index contributed by atoms with van der Waals surface area (Å²) in [5.41, 5.74) is 10.4. The second kappa shape index (κ2) is 10.3. The maximum Gasteiger partial charge on any atom is 0.321 e. The standard InChI is InChI=1S/C11H20N4O5S2/c1-5(9(13)17)14-10(18)8(15-6(2)16)4-22-21-3-7(12)11(19)20/h5,7-8H,3-4,12H2,1-2H3,(H2,13,17)(H,14,18)(H,15,16)(H,19,20)/t5?,7-,8?/m0/s1. The van der Waals surface area contributed by atoms with Crippen molar-refractivity contribution in [2.75, 3.05) is 11.5 Å². The Morgan fingerprint density at radius 1 is 1.14 bits per heavy atom. The van der Waals surface area contributed by atoms with Gasteiger partial charge in [0.25, 0.3) is 0 Å². The lowest BCUT2D eigenvalue weighted by molar-refractivity contribution is -0.138. The molecule has 0 heterocycles. The Bertz CT molecular complexity index is 435. The number of nitrogens with one attached hydrogen (secondary N) is 2. The number of amides is 3. The number of carboxylic acid groups (broad SMARTS) is 1. The second-order valence-electron chi connectivity index (χ2n) is 4.40. The molecule has 0 saturated heterocycles. The number of carboxylic acids is 1. The monoisotopic (exact) mass is 352 g/mol. The predicted octanol–water partition coefficient (Wildman–Crippen LogP) is -1.73. The fourth-order valence-electron chi connectivity index (χ4n) is 1.12. The summed E-state index contributed by atoms with van der Waals surface area (Å²) >= 11 is 0. The molecule has 0 aromatic heterocycles. The molecule has 0 aliphatic rings. The molecule has 7 N–H and O–H groups in total. The van der Waals surface area contributed by atoms with Gasteiger partial charge in [-0.15, -0.1) is 0 Å². The molecule has 0 aromatic carbocycles. The predicted molar refractivity (Wildman–Crippen MR) is 84.9 cm³/mol. The van der Waals surface area contributed by atoms with Crippen LogP contribution in [0.15, 0.2) is 0 Å². The van der Waals surface area contributed by atoms with Crippen molar-refractivity contribution < 1.29 is 24.3 Å². The smallest absolute Gasteiger partial charge is 0.321 e. The molecule has 22 heavy (non-hydrogen) atoms. The van der Waals surface area contributed by atoms with Crippen LogP contribution in [0.5, 0.6) is 0 Å². The third kappa shape index (κ3) is 8.74. The van der Waals surface area contributed by atoms with E-state index in [2.05, 4.69) is 10.6 Å². The molecule has 11 heteroatoms. The highest BCUT2D eigenvalue weighted by atomic mass is 33.1. The molecule has 0 aliphatic heterocycles. The van der Waals surface area contributed by atoms with Crippen LogP contribution in [0.1, 0.15) is 13.8 Å². The summed E-state index contributed by atoms with van der Waals surface area (Å²) in [5.74, 6) is -2.40. The highest BCUT2D eigenvalue weighted by Gasteiger charge is 2.23. The number of nitrogens with two attached hydrogens (primary N) is 2. The summed E-state index contributed by atoms with van der Waals surface area (Å²) in [7, 11) is 2.37. The van der Waals surface area contributed by atoms with E-state index >= 15 is 0 Å². The maximum absolute atomic E-state index is 12.0. The average Bonchev–Trinajstić information content (AvgIpc) is 2.40.